The quantitative estimate of drug-likeness (QED) is 0.620. The summed E-state index contributed by atoms with van der Waals surface area (Å²) < 4.78 is 0. The minimum atomic E-state index is 0.907. The molecule has 0 fully saturated rings. The van der Waals surface area contributed by atoms with Crippen molar-refractivity contribution in [3.05, 3.63) is 95.4 Å². The van der Waals surface area contributed by atoms with Gasteiger partial charge in [0.05, 0.1) is 0 Å². The van der Waals surface area contributed by atoms with Crippen LogP contribution >= 0.6 is 8.58 Å². The van der Waals surface area contributed by atoms with Gasteiger partial charge in [-0.15, -0.1) is 0 Å². The number of aryl methyl sites for hydroxylation is 1. The molecule has 2 aromatic carbocycles. The van der Waals surface area contributed by atoms with E-state index in [0.29, 0.717) is 0 Å². The van der Waals surface area contributed by atoms with Crippen molar-refractivity contribution in [1.82, 2.24) is 0 Å². The van der Waals surface area contributed by atoms with Crippen LogP contribution in [-0.4, -0.2) is 6.16 Å². The van der Waals surface area contributed by atoms with E-state index in [1.165, 1.54) is 34.0 Å². The molecule has 0 amide bonds. The SMILES string of the molecule is Cc1ccc(-c2ccc(CC3=C/C=C\CP\C=C\3)cc2)cc1. The maximum absolute atomic E-state index is 2.30. The van der Waals surface area contributed by atoms with Gasteiger partial charge in [0.2, 0.25) is 0 Å². The average molecular weight is 304 g/mol. The third kappa shape index (κ3) is 4.06. The number of hydrogen-bond acceptors (Lipinski definition) is 0. The monoisotopic (exact) mass is 304 g/mol. The van der Waals surface area contributed by atoms with Crippen LogP contribution in [0.5, 0.6) is 0 Å². The lowest BCUT2D eigenvalue weighted by Gasteiger charge is -2.07. The van der Waals surface area contributed by atoms with Crippen LogP contribution in [-0.2, 0) is 6.42 Å². The molecule has 0 radical (unpaired) electrons. The Labute approximate surface area is 135 Å². The second-order valence-corrected chi connectivity index (χ2v) is 6.80. The van der Waals surface area contributed by atoms with Crippen LogP contribution in [0.25, 0.3) is 11.1 Å². The smallest absolute Gasteiger partial charge is 0.00258 e. The predicted octanol–water partition coefficient (Wildman–Crippen LogP) is 5.89. The summed E-state index contributed by atoms with van der Waals surface area (Å²) in [6.45, 7) is 2.12. The normalized spacial score (nSPS) is 20.7. The molecule has 0 aliphatic carbocycles. The molecule has 0 aromatic heterocycles. The third-order valence-corrected chi connectivity index (χ3v) is 4.72. The van der Waals surface area contributed by atoms with Crippen molar-refractivity contribution in [3.63, 3.8) is 0 Å². The van der Waals surface area contributed by atoms with Crippen molar-refractivity contribution >= 4 is 8.58 Å². The van der Waals surface area contributed by atoms with Crippen LogP contribution in [0.3, 0.4) is 0 Å². The Morgan fingerprint density at radius 3 is 2.32 bits per heavy atom. The molecule has 1 unspecified atom stereocenters. The molecule has 0 saturated heterocycles. The number of benzene rings is 2. The maximum atomic E-state index is 2.30. The van der Waals surface area contributed by atoms with E-state index in [1.807, 2.05) is 0 Å². The highest BCUT2D eigenvalue weighted by Crippen LogP contribution is 2.22. The van der Waals surface area contributed by atoms with Crippen molar-refractivity contribution in [2.75, 3.05) is 6.16 Å². The topological polar surface area (TPSA) is 0 Å². The van der Waals surface area contributed by atoms with Gasteiger partial charge in [0, 0.05) is 0 Å². The molecule has 0 nitrogen and oxygen atoms in total. The summed E-state index contributed by atoms with van der Waals surface area (Å²) in [6.07, 6.45) is 11.1. The molecule has 110 valence electrons. The van der Waals surface area contributed by atoms with Gasteiger partial charge in [-0.05, 0) is 41.8 Å². The van der Waals surface area contributed by atoms with Crippen LogP contribution in [0.15, 0.2) is 84.2 Å². The van der Waals surface area contributed by atoms with Gasteiger partial charge in [-0.25, -0.2) is 0 Å². The minimum Gasteiger partial charge on any atom is -0.0945 e. The Balaban J connectivity index is 1.75. The predicted molar refractivity (Wildman–Crippen MR) is 99.9 cm³/mol. The first kappa shape index (κ1) is 15.0. The Hall–Kier alpha value is -1.91. The van der Waals surface area contributed by atoms with Crippen molar-refractivity contribution in [1.29, 1.82) is 0 Å². The maximum Gasteiger partial charge on any atom is -0.00258 e. The fraction of sp³-hybridized carbons (Fsp3) is 0.143. The van der Waals surface area contributed by atoms with E-state index in [2.05, 4.69) is 85.6 Å². The highest BCUT2D eigenvalue weighted by Gasteiger charge is 2.00. The first-order valence-corrected chi connectivity index (χ1v) is 9.01. The second kappa shape index (κ2) is 7.38. The molecule has 1 aliphatic rings. The highest BCUT2D eigenvalue weighted by molar-refractivity contribution is 7.41. The summed E-state index contributed by atoms with van der Waals surface area (Å²) in [5, 5.41) is 0. The number of rotatable bonds is 3. The van der Waals surface area contributed by atoms with E-state index in [0.717, 1.165) is 15.0 Å². The molecule has 0 spiro atoms. The van der Waals surface area contributed by atoms with Crippen LogP contribution in [0.1, 0.15) is 11.1 Å². The molecule has 1 aliphatic heterocycles. The van der Waals surface area contributed by atoms with Crippen molar-refractivity contribution in [2.45, 2.75) is 13.3 Å². The largest absolute Gasteiger partial charge is 0.0945 e. The van der Waals surface area contributed by atoms with Gasteiger partial charge in [-0.1, -0.05) is 92.8 Å². The summed E-state index contributed by atoms with van der Waals surface area (Å²) >= 11 is 0. The van der Waals surface area contributed by atoms with Crippen LogP contribution < -0.4 is 0 Å². The summed E-state index contributed by atoms with van der Waals surface area (Å²) in [4.78, 5) is 0. The summed E-state index contributed by atoms with van der Waals surface area (Å²) in [5.74, 6) is 2.30. The van der Waals surface area contributed by atoms with Gasteiger partial charge in [0.25, 0.3) is 0 Å². The Bertz CT molecular complexity index is 701. The van der Waals surface area contributed by atoms with Gasteiger partial charge < -0.3 is 0 Å². The Kier molecular flexibility index (Phi) is 5.03. The lowest BCUT2D eigenvalue weighted by molar-refractivity contribution is 1.20. The van der Waals surface area contributed by atoms with Gasteiger partial charge in [0.1, 0.15) is 0 Å². The molecule has 22 heavy (non-hydrogen) atoms. The van der Waals surface area contributed by atoms with E-state index in [-0.39, 0.29) is 0 Å². The van der Waals surface area contributed by atoms with Crippen LogP contribution in [0.4, 0.5) is 0 Å². The molecule has 1 heteroatoms. The van der Waals surface area contributed by atoms with Crippen LogP contribution in [0.2, 0.25) is 0 Å². The van der Waals surface area contributed by atoms with Crippen molar-refractivity contribution < 1.29 is 0 Å². The van der Waals surface area contributed by atoms with E-state index in [4.69, 9.17) is 0 Å². The summed E-state index contributed by atoms with van der Waals surface area (Å²) in [7, 11) is 0.907. The molecule has 1 heterocycles. The van der Waals surface area contributed by atoms with E-state index in [1.54, 1.807) is 0 Å². The van der Waals surface area contributed by atoms with Crippen molar-refractivity contribution in [2.24, 2.45) is 0 Å². The number of hydrogen-bond donors (Lipinski definition) is 0. The van der Waals surface area contributed by atoms with E-state index in [9.17, 15) is 0 Å². The standard InChI is InChI=1S/C21H21P/c1-17-5-9-20(10-6-17)21-11-7-19(8-12-21)16-18-4-2-3-14-22-15-13-18/h2-13,15,22H,14,16H2,1H3/b3-2-,15-13+,18-4+. The molecule has 0 saturated carbocycles. The van der Waals surface area contributed by atoms with Gasteiger partial charge in [-0.3, -0.25) is 0 Å². The first-order valence-electron chi connectivity index (χ1n) is 7.73. The third-order valence-electron chi connectivity index (χ3n) is 3.84. The Morgan fingerprint density at radius 1 is 0.909 bits per heavy atom. The highest BCUT2D eigenvalue weighted by atomic mass is 31.1. The molecule has 0 N–H and O–H groups in total. The molecule has 2 aromatic rings. The molecule has 1 atom stereocenters. The summed E-state index contributed by atoms with van der Waals surface area (Å²) in [5.41, 5.74) is 6.62. The van der Waals surface area contributed by atoms with E-state index >= 15 is 0 Å². The summed E-state index contributed by atoms with van der Waals surface area (Å²) in [6, 6.07) is 17.7. The number of allylic oxidation sites excluding steroid dienone is 5. The molecular formula is C21H21P. The van der Waals surface area contributed by atoms with E-state index < -0.39 is 0 Å². The fourth-order valence-corrected chi connectivity index (χ4v) is 3.27. The minimum absolute atomic E-state index is 0.907. The lowest BCUT2D eigenvalue weighted by Crippen LogP contribution is -1.89. The second-order valence-electron chi connectivity index (χ2n) is 5.65. The van der Waals surface area contributed by atoms with Gasteiger partial charge >= 0.3 is 0 Å². The average Bonchev–Trinajstić information content (AvgIpc) is 2.51. The fourth-order valence-electron chi connectivity index (χ4n) is 2.53. The first-order chi connectivity index (χ1) is 10.8. The molecule has 0 bridgehead atoms. The van der Waals surface area contributed by atoms with Gasteiger partial charge in [-0.2, -0.15) is 0 Å². The zero-order valence-corrected chi connectivity index (χ0v) is 13.9. The Morgan fingerprint density at radius 2 is 1.59 bits per heavy atom. The zero-order valence-electron chi connectivity index (χ0n) is 12.9. The van der Waals surface area contributed by atoms with Gasteiger partial charge in [0.15, 0.2) is 0 Å². The molecular weight excluding hydrogens is 283 g/mol. The zero-order chi connectivity index (χ0) is 15.2. The van der Waals surface area contributed by atoms with Crippen LogP contribution in [0, 0.1) is 6.92 Å². The lowest BCUT2D eigenvalue weighted by atomic mass is 9.99. The van der Waals surface area contributed by atoms with Crippen molar-refractivity contribution in [3.8, 4) is 11.1 Å². The molecule has 3 rings (SSSR count).